The van der Waals surface area contributed by atoms with Crippen molar-refractivity contribution in [2.24, 2.45) is 5.92 Å². The van der Waals surface area contributed by atoms with Crippen LogP contribution in [0.5, 0.6) is 11.5 Å². The number of nitrogens with one attached hydrogen (secondary N) is 2. The fraction of sp³-hybridized carbons (Fsp3) is 0.364. The van der Waals surface area contributed by atoms with E-state index in [1.807, 2.05) is 13.8 Å². The van der Waals surface area contributed by atoms with E-state index >= 15 is 0 Å². The molecule has 0 aliphatic heterocycles. The summed E-state index contributed by atoms with van der Waals surface area (Å²) in [4.78, 5) is 42.3. The highest BCUT2D eigenvalue weighted by molar-refractivity contribution is 5.88. The molecule has 0 spiro atoms. The van der Waals surface area contributed by atoms with Gasteiger partial charge in [-0.2, -0.15) is 0 Å². The maximum absolute atomic E-state index is 12.9. The summed E-state index contributed by atoms with van der Waals surface area (Å²) in [5.41, 5.74) is 0.0103. The minimum absolute atomic E-state index is 0.168. The largest absolute Gasteiger partial charge is 0.493 e. The van der Waals surface area contributed by atoms with Gasteiger partial charge in [-0.1, -0.05) is 13.8 Å². The third-order valence-corrected chi connectivity index (χ3v) is 4.93. The molecule has 2 amide bonds. The summed E-state index contributed by atoms with van der Waals surface area (Å²) in [5, 5.41) is 5.72. The second kappa shape index (κ2) is 9.99. The second-order valence-corrected chi connectivity index (χ2v) is 7.49. The van der Waals surface area contributed by atoms with Crippen LogP contribution in [0.25, 0.3) is 10.9 Å². The molecule has 0 fully saturated rings. The maximum atomic E-state index is 12.9. The van der Waals surface area contributed by atoms with E-state index in [2.05, 4.69) is 15.6 Å². The molecular formula is C22H26N4O6. The van der Waals surface area contributed by atoms with Crippen molar-refractivity contribution in [3.63, 3.8) is 0 Å². The number of ether oxygens (including phenoxy) is 2. The number of furan rings is 1. The molecule has 0 saturated heterocycles. The van der Waals surface area contributed by atoms with Gasteiger partial charge < -0.3 is 24.5 Å². The Kier molecular flexibility index (Phi) is 7.14. The van der Waals surface area contributed by atoms with E-state index in [1.165, 1.54) is 37.4 Å². The second-order valence-electron chi connectivity index (χ2n) is 7.49. The average Bonchev–Trinajstić information content (AvgIpc) is 3.30. The van der Waals surface area contributed by atoms with Gasteiger partial charge in [0, 0.05) is 6.07 Å². The van der Waals surface area contributed by atoms with Gasteiger partial charge in [0.1, 0.15) is 18.3 Å². The Labute approximate surface area is 184 Å². The maximum Gasteiger partial charge on any atom is 0.261 e. The fourth-order valence-electron chi connectivity index (χ4n) is 3.20. The minimum Gasteiger partial charge on any atom is -0.493 e. The Morgan fingerprint density at radius 2 is 1.91 bits per heavy atom. The molecule has 10 heteroatoms. The smallest absolute Gasteiger partial charge is 0.261 e. The Morgan fingerprint density at radius 3 is 2.53 bits per heavy atom. The lowest BCUT2D eigenvalue weighted by Gasteiger charge is -2.21. The number of hydrogen-bond donors (Lipinski definition) is 2. The third-order valence-electron chi connectivity index (χ3n) is 4.93. The Hall–Kier alpha value is -3.82. The summed E-state index contributed by atoms with van der Waals surface area (Å²) in [6, 6.07) is 5.82. The molecular weight excluding hydrogens is 416 g/mol. The van der Waals surface area contributed by atoms with Crippen LogP contribution in [-0.4, -0.2) is 41.6 Å². The highest BCUT2D eigenvalue weighted by atomic mass is 16.5. The molecule has 3 rings (SSSR count). The summed E-state index contributed by atoms with van der Waals surface area (Å²) in [6.45, 7) is 3.57. The lowest BCUT2D eigenvalue weighted by molar-refractivity contribution is -0.130. The molecule has 2 heterocycles. The number of rotatable bonds is 9. The van der Waals surface area contributed by atoms with Crippen molar-refractivity contribution in [3.8, 4) is 11.5 Å². The Morgan fingerprint density at radius 1 is 1.19 bits per heavy atom. The number of carbonyl (C=O) groups is 2. The van der Waals surface area contributed by atoms with Crippen LogP contribution in [-0.2, 0) is 22.7 Å². The number of methoxy groups -OCH3 is 2. The fourth-order valence-corrected chi connectivity index (χ4v) is 3.20. The molecule has 2 N–H and O–H groups in total. The first-order valence-corrected chi connectivity index (χ1v) is 10.0. The van der Waals surface area contributed by atoms with Crippen LogP contribution in [0.3, 0.4) is 0 Å². The third kappa shape index (κ3) is 5.08. The van der Waals surface area contributed by atoms with Crippen LogP contribution in [0.2, 0.25) is 0 Å². The van der Waals surface area contributed by atoms with E-state index < -0.39 is 17.5 Å². The molecule has 170 valence electrons. The lowest BCUT2D eigenvalue weighted by Crippen LogP contribution is -2.50. The molecule has 0 aliphatic rings. The molecule has 32 heavy (non-hydrogen) atoms. The quantitative estimate of drug-likeness (QED) is 0.514. The van der Waals surface area contributed by atoms with Gasteiger partial charge in [-0.05, 0) is 24.1 Å². The predicted octanol–water partition coefficient (Wildman–Crippen LogP) is 1.46. The molecule has 0 radical (unpaired) electrons. The predicted molar refractivity (Wildman–Crippen MR) is 116 cm³/mol. The van der Waals surface area contributed by atoms with Gasteiger partial charge >= 0.3 is 0 Å². The van der Waals surface area contributed by atoms with Crippen molar-refractivity contribution >= 4 is 22.7 Å². The van der Waals surface area contributed by atoms with Crippen LogP contribution in [0.1, 0.15) is 19.6 Å². The zero-order valence-electron chi connectivity index (χ0n) is 18.4. The topological polar surface area (TPSA) is 125 Å². The summed E-state index contributed by atoms with van der Waals surface area (Å²) in [6.07, 6.45) is 2.81. The summed E-state index contributed by atoms with van der Waals surface area (Å²) >= 11 is 0. The molecule has 1 aromatic carbocycles. The molecule has 1 atom stereocenters. The van der Waals surface area contributed by atoms with E-state index in [9.17, 15) is 14.4 Å². The lowest BCUT2D eigenvalue weighted by atomic mass is 10.0. The number of fused-ring (bicyclic) bond motifs is 1. The normalized spacial score (nSPS) is 11.9. The highest BCUT2D eigenvalue weighted by Gasteiger charge is 2.24. The highest BCUT2D eigenvalue weighted by Crippen LogP contribution is 2.29. The first kappa shape index (κ1) is 22.9. The molecule has 0 bridgehead atoms. The number of hydrogen-bond acceptors (Lipinski definition) is 7. The van der Waals surface area contributed by atoms with Crippen molar-refractivity contribution in [2.45, 2.75) is 33.0 Å². The van der Waals surface area contributed by atoms with Gasteiger partial charge in [0.2, 0.25) is 11.8 Å². The molecule has 0 aliphatic carbocycles. The van der Waals surface area contributed by atoms with Crippen molar-refractivity contribution in [3.05, 3.63) is 53.0 Å². The monoisotopic (exact) mass is 442 g/mol. The summed E-state index contributed by atoms with van der Waals surface area (Å²) < 4.78 is 16.9. The van der Waals surface area contributed by atoms with E-state index in [4.69, 9.17) is 13.9 Å². The summed E-state index contributed by atoms with van der Waals surface area (Å²) in [7, 11) is 2.96. The van der Waals surface area contributed by atoms with Gasteiger partial charge in [0.15, 0.2) is 11.5 Å². The van der Waals surface area contributed by atoms with E-state index in [0.717, 1.165) is 0 Å². The molecule has 10 nitrogen and oxygen atoms in total. The Balaban J connectivity index is 1.73. The number of nitrogens with zero attached hydrogens (tertiary/aromatic N) is 2. The van der Waals surface area contributed by atoms with E-state index in [1.54, 1.807) is 18.2 Å². The van der Waals surface area contributed by atoms with Gasteiger partial charge in [-0.15, -0.1) is 0 Å². The van der Waals surface area contributed by atoms with Gasteiger partial charge in [-0.3, -0.25) is 19.0 Å². The van der Waals surface area contributed by atoms with Crippen molar-refractivity contribution in [1.29, 1.82) is 0 Å². The first-order chi connectivity index (χ1) is 15.3. The molecule has 3 aromatic rings. The molecule has 1 unspecified atom stereocenters. The number of benzene rings is 1. The summed E-state index contributed by atoms with van der Waals surface area (Å²) in [5.74, 6) is 0.440. The minimum atomic E-state index is -0.772. The van der Waals surface area contributed by atoms with Gasteiger partial charge in [-0.25, -0.2) is 4.98 Å². The SMILES string of the molecule is COc1cc2ncn(CC(=O)NC(C(=O)NCc3ccco3)C(C)C)c(=O)c2cc1OC. The van der Waals surface area contributed by atoms with Gasteiger partial charge in [0.25, 0.3) is 5.56 Å². The van der Waals surface area contributed by atoms with Crippen LogP contribution in [0.4, 0.5) is 0 Å². The average molecular weight is 442 g/mol. The van der Waals surface area contributed by atoms with Crippen LogP contribution in [0.15, 0.2) is 46.1 Å². The van der Waals surface area contributed by atoms with Crippen molar-refractivity contribution in [1.82, 2.24) is 20.2 Å². The van der Waals surface area contributed by atoms with Crippen LogP contribution >= 0.6 is 0 Å². The van der Waals surface area contributed by atoms with E-state index in [-0.39, 0.29) is 30.3 Å². The molecule has 2 aromatic heterocycles. The number of amides is 2. The van der Waals surface area contributed by atoms with E-state index in [0.29, 0.717) is 22.8 Å². The van der Waals surface area contributed by atoms with Crippen molar-refractivity contribution in [2.75, 3.05) is 14.2 Å². The van der Waals surface area contributed by atoms with Gasteiger partial charge in [0.05, 0.1) is 44.3 Å². The Bertz CT molecular complexity index is 1150. The number of carbonyl (C=O) groups excluding carboxylic acids is 2. The number of aromatic nitrogens is 2. The zero-order valence-corrected chi connectivity index (χ0v) is 18.4. The van der Waals surface area contributed by atoms with Crippen molar-refractivity contribution < 1.29 is 23.5 Å². The zero-order chi connectivity index (χ0) is 23.3. The molecule has 0 saturated carbocycles. The first-order valence-electron chi connectivity index (χ1n) is 10.0. The van der Waals surface area contributed by atoms with Crippen LogP contribution in [0, 0.1) is 5.92 Å². The van der Waals surface area contributed by atoms with Crippen LogP contribution < -0.4 is 25.7 Å². The standard InChI is InChI=1S/C22H26N4O6/c1-13(2)20(21(28)23-10-14-6-5-7-32-14)25-19(27)11-26-12-24-16-9-18(31-4)17(30-3)8-15(16)22(26)29/h5-9,12-13,20H,10-11H2,1-4H3,(H,23,28)(H,25,27).